The van der Waals surface area contributed by atoms with Crippen LogP contribution in [0.2, 0.25) is 0 Å². The molecule has 0 aliphatic heterocycles. The number of rotatable bonds is 1. The van der Waals surface area contributed by atoms with Gasteiger partial charge in [-0.25, -0.2) is 0 Å². The van der Waals surface area contributed by atoms with Crippen molar-refractivity contribution in [1.82, 2.24) is 0 Å². The van der Waals surface area contributed by atoms with Crippen molar-refractivity contribution in [3.63, 3.8) is 0 Å². The van der Waals surface area contributed by atoms with Crippen LogP contribution in [0, 0.1) is 34.5 Å². The molecule has 1 N–H and O–H groups in total. The highest BCUT2D eigenvalue weighted by molar-refractivity contribution is 5.88. The Labute approximate surface area is 144 Å². The highest BCUT2D eigenvalue weighted by atomic mass is 16.5. The second-order valence-corrected chi connectivity index (χ2v) is 9.25. The first-order valence-corrected chi connectivity index (χ1v) is 9.61. The van der Waals surface area contributed by atoms with E-state index in [1.54, 1.807) is 7.11 Å². The fraction of sp³-hybridized carbons (Fsp3) is 0.900. The monoisotopic (exact) mass is 334 g/mol. The Morgan fingerprint density at radius 2 is 1.83 bits per heavy atom. The van der Waals surface area contributed by atoms with Crippen LogP contribution in [-0.2, 0) is 14.3 Å². The van der Waals surface area contributed by atoms with Gasteiger partial charge in [0.25, 0.3) is 0 Å². The van der Waals surface area contributed by atoms with E-state index in [1.807, 2.05) is 0 Å². The number of carbonyl (C=O) groups excluding carboxylic acids is 2. The predicted molar refractivity (Wildman–Crippen MR) is 89.3 cm³/mol. The van der Waals surface area contributed by atoms with Crippen LogP contribution in [0.5, 0.6) is 0 Å². The summed E-state index contributed by atoms with van der Waals surface area (Å²) in [5.41, 5.74) is -0.242. The van der Waals surface area contributed by atoms with Gasteiger partial charge in [0.15, 0.2) is 5.78 Å². The van der Waals surface area contributed by atoms with Crippen LogP contribution in [0.3, 0.4) is 0 Å². The Hall–Kier alpha value is -0.740. The van der Waals surface area contributed by atoms with E-state index in [1.165, 1.54) is 0 Å². The summed E-state index contributed by atoms with van der Waals surface area (Å²) < 4.78 is 5.78. The third-order valence-corrected chi connectivity index (χ3v) is 8.47. The Balaban J connectivity index is 1.73. The number of methoxy groups -OCH3 is 1. The van der Waals surface area contributed by atoms with E-state index in [4.69, 9.17) is 4.74 Å². The molecule has 8 atom stereocenters. The summed E-state index contributed by atoms with van der Waals surface area (Å²) in [6.45, 7) is 4.43. The minimum Gasteiger partial charge on any atom is -0.385 e. The predicted octanol–water partition coefficient (Wildman–Crippen LogP) is 2.76. The molecule has 4 aliphatic carbocycles. The summed E-state index contributed by atoms with van der Waals surface area (Å²) in [4.78, 5) is 25.3. The molecule has 4 rings (SSSR count). The van der Waals surface area contributed by atoms with E-state index in [0.29, 0.717) is 30.0 Å². The summed E-state index contributed by atoms with van der Waals surface area (Å²) >= 11 is 0. The van der Waals surface area contributed by atoms with E-state index >= 15 is 0 Å². The zero-order valence-electron chi connectivity index (χ0n) is 15.1. The van der Waals surface area contributed by atoms with Gasteiger partial charge in [-0.15, -0.1) is 0 Å². The summed E-state index contributed by atoms with van der Waals surface area (Å²) in [7, 11) is 1.70. The largest absolute Gasteiger partial charge is 0.385 e. The van der Waals surface area contributed by atoms with Crippen molar-refractivity contribution in [2.24, 2.45) is 34.5 Å². The molecule has 4 aliphatic rings. The van der Waals surface area contributed by atoms with Crippen molar-refractivity contribution in [1.29, 1.82) is 0 Å². The molecule has 134 valence electrons. The highest BCUT2D eigenvalue weighted by Gasteiger charge is 2.64. The molecular formula is C20H30O4. The first-order chi connectivity index (χ1) is 11.3. The topological polar surface area (TPSA) is 63.6 Å². The average Bonchev–Trinajstić information content (AvgIpc) is 2.86. The zero-order chi connectivity index (χ0) is 17.3. The zero-order valence-corrected chi connectivity index (χ0v) is 15.1. The molecule has 0 saturated heterocycles. The number of aliphatic hydroxyl groups excluding tert-OH is 1. The lowest BCUT2D eigenvalue weighted by atomic mass is 9.44. The van der Waals surface area contributed by atoms with Crippen LogP contribution in [0.1, 0.15) is 58.8 Å². The number of ketones is 2. The Morgan fingerprint density at radius 1 is 1.08 bits per heavy atom. The maximum Gasteiger partial charge on any atom is 0.167 e. The maximum absolute atomic E-state index is 12.8. The molecule has 4 fully saturated rings. The minimum atomic E-state index is -0.820. The molecule has 24 heavy (non-hydrogen) atoms. The first-order valence-electron chi connectivity index (χ1n) is 9.61. The molecule has 0 radical (unpaired) electrons. The second kappa shape index (κ2) is 5.38. The molecule has 0 heterocycles. The SMILES string of the molecule is COC1C[C@@H]2[C@H](CC[C@]3(C)C(=O)CC[C@@H]23)[C@@]2(C)CC[C@H](O)C(=O)C12. The van der Waals surface area contributed by atoms with Crippen molar-refractivity contribution in [2.45, 2.75) is 71.0 Å². The molecule has 0 amide bonds. The van der Waals surface area contributed by atoms with Gasteiger partial charge in [-0.3, -0.25) is 9.59 Å². The van der Waals surface area contributed by atoms with Crippen molar-refractivity contribution in [2.75, 3.05) is 7.11 Å². The Kier molecular flexibility index (Phi) is 3.74. The van der Waals surface area contributed by atoms with Crippen LogP contribution < -0.4 is 0 Å². The number of aliphatic hydroxyl groups is 1. The molecular weight excluding hydrogens is 304 g/mol. The van der Waals surface area contributed by atoms with Crippen LogP contribution in [0.15, 0.2) is 0 Å². The third-order valence-electron chi connectivity index (χ3n) is 8.47. The fourth-order valence-corrected chi connectivity index (χ4v) is 7.14. The van der Waals surface area contributed by atoms with Crippen molar-refractivity contribution < 1.29 is 19.4 Å². The molecule has 4 heteroatoms. The summed E-state index contributed by atoms with van der Waals surface area (Å²) in [6, 6.07) is 0. The third kappa shape index (κ3) is 1.99. The van der Waals surface area contributed by atoms with Gasteiger partial charge in [-0.1, -0.05) is 13.8 Å². The molecule has 4 saturated carbocycles. The van der Waals surface area contributed by atoms with Crippen LogP contribution in [0.4, 0.5) is 0 Å². The number of Topliss-reactive ketones (excluding diaryl/α,β-unsaturated/α-hetero) is 2. The van der Waals surface area contributed by atoms with Crippen molar-refractivity contribution in [3.8, 4) is 0 Å². The average molecular weight is 334 g/mol. The van der Waals surface area contributed by atoms with E-state index < -0.39 is 6.10 Å². The Bertz CT molecular complexity index is 572. The summed E-state index contributed by atoms with van der Waals surface area (Å²) in [6.07, 6.45) is 5.13. The van der Waals surface area contributed by atoms with Crippen molar-refractivity contribution >= 4 is 11.6 Å². The lowest BCUT2D eigenvalue weighted by molar-refractivity contribution is -0.184. The standard InChI is InChI=1S/C20H30O4/c1-19-8-6-13-11(12(19)4-5-16(19)22)10-15(24-3)17-18(23)14(21)7-9-20(13,17)2/h11-15,17,21H,4-10H2,1-3H3/t11-,12-,13-,14-,15?,17?,19-,20+/m0/s1. The molecule has 4 nitrogen and oxygen atoms in total. The minimum absolute atomic E-state index is 0.00937. The smallest absolute Gasteiger partial charge is 0.167 e. The van der Waals surface area contributed by atoms with E-state index in [9.17, 15) is 14.7 Å². The molecule has 0 bridgehead atoms. The van der Waals surface area contributed by atoms with Crippen LogP contribution in [0.25, 0.3) is 0 Å². The van der Waals surface area contributed by atoms with Gasteiger partial charge >= 0.3 is 0 Å². The maximum atomic E-state index is 12.8. The van der Waals surface area contributed by atoms with Crippen LogP contribution >= 0.6 is 0 Å². The van der Waals surface area contributed by atoms with Gasteiger partial charge < -0.3 is 9.84 Å². The van der Waals surface area contributed by atoms with Gasteiger partial charge in [-0.2, -0.15) is 0 Å². The number of hydrogen-bond acceptors (Lipinski definition) is 4. The summed E-state index contributed by atoms with van der Waals surface area (Å²) in [5, 5.41) is 10.1. The molecule has 0 spiro atoms. The lowest BCUT2D eigenvalue weighted by Gasteiger charge is -2.61. The normalized spacial score (nSPS) is 54.2. The molecule has 0 aromatic carbocycles. The van der Waals surface area contributed by atoms with Gasteiger partial charge in [0.1, 0.15) is 11.9 Å². The first kappa shape index (κ1) is 16.7. The van der Waals surface area contributed by atoms with E-state index in [-0.39, 0.29) is 28.6 Å². The van der Waals surface area contributed by atoms with E-state index in [2.05, 4.69) is 13.8 Å². The fourth-order valence-electron chi connectivity index (χ4n) is 7.14. The number of fused-ring (bicyclic) bond motifs is 5. The molecule has 2 unspecified atom stereocenters. The van der Waals surface area contributed by atoms with Gasteiger partial charge in [0.05, 0.1) is 12.0 Å². The van der Waals surface area contributed by atoms with Crippen LogP contribution in [-0.4, -0.2) is 36.0 Å². The second-order valence-electron chi connectivity index (χ2n) is 9.25. The van der Waals surface area contributed by atoms with Crippen molar-refractivity contribution in [3.05, 3.63) is 0 Å². The van der Waals surface area contributed by atoms with E-state index in [0.717, 1.165) is 38.5 Å². The van der Waals surface area contributed by atoms with Gasteiger partial charge in [0, 0.05) is 18.9 Å². The summed E-state index contributed by atoms with van der Waals surface area (Å²) in [5.74, 6) is 1.65. The van der Waals surface area contributed by atoms with Gasteiger partial charge in [0.2, 0.25) is 0 Å². The number of ether oxygens (including phenoxy) is 1. The van der Waals surface area contributed by atoms with Gasteiger partial charge in [-0.05, 0) is 61.7 Å². The highest BCUT2D eigenvalue weighted by Crippen LogP contribution is 2.65. The number of carbonyl (C=O) groups is 2. The number of hydrogen-bond donors (Lipinski definition) is 1. The quantitative estimate of drug-likeness (QED) is 0.801. The lowest BCUT2D eigenvalue weighted by Crippen LogP contribution is -2.61. The Morgan fingerprint density at radius 3 is 2.54 bits per heavy atom. The molecule has 0 aromatic rings. The molecule has 0 aromatic heterocycles.